The van der Waals surface area contributed by atoms with Gasteiger partial charge in [0.15, 0.2) is 11.2 Å². The Bertz CT molecular complexity index is 553. The third-order valence-corrected chi connectivity index (χ3v) is 4.24. The number of hydrogen-bond acceptors (Lipinski definition) is 4. The Kier molecular flexibility index (Phi) is 3.73. The van der Waals surface area contributed by atoms with Crippen LogP contribution in [0.2, 0.25) is 0 Å². The van der Waals surface area contributed by atoms with Crippen molar-refractivity contribution in [3.63, 3.8) is 0 Å². The summed E-state index contributed by atoms with van der Waals surface area (Å²) in [5.74, 6) is -1.63. The Hall–Kier alpha value is -1.07. The van der Waals surface area contributed by atoms with Gasteiger partial charge in [0.1, 0.15) is 5.03 Å². The Morgan fingerprint density at radius 3 is 2.55 bits per heavy atom. The SMILES string of the molecule is O=C1C(Cl)=C(NCc2ccccc2)C2(OCCO2)C1Cl. The molecular weight excluding hydrogens is 301 g/mol. The van der Waals surface area contributed by atoms with Crippen LogP contribution in [0.15, 0.2) is 41.1 Å². The van der Waals surface area contributed by atoms with Crippen molar-refractivity contribution >= 4 is 29.0 Å². The number of carbonyl (C=O) groups is 1. The zero-order valence-corrected chi connectivity index (χ0v) is 12.1. The van der Waals surface area contributed by atoms with Crippen LogP contribution < -0.4 is 5.32 Å². The van der Waals surface area contributed by atoms with Gasteiger partial charge in [-0.25, -0.2) is 0 Å². The number of ether oxygens (including phenoxy) is 2. The maximum absolute atomic E-state index is 12.0. The normalized spacial score (nSPS) is 24.7. The topological polar surface area (TPSA) is 47.6 Å². The second kappa shape index (κ2) is 5.37. The molecule has 1 aliphatic carbocycles. The highest BCUT2D eigenvalue weighted by Crippen LogP contribution is 2.43. The van der Waals surface area contributed by atoms with Crippen molar-refractivity contribution < 1.29 is 14.3 Å². The molecule has 0 amide bonds. The number of Topliss-reactive ketones (excluding diaryl/α,β-unsaturated/α-hetero) is 1. The van der Waals surface area contributed by atoms with Crippen molar-refractivity contribution in [2.24, 2.45) is 0 Å². The summed E-state index contributed by atoms with van der Waals surface area (Å²) in [4.78, 5) is 12.0. The van der Waals surface area contributed by atoms with Gasteiger partial charge in [-0.05, 0) is 5.56 Å². The van der Waals surface area contributed by atoms with Gasteiger partial charge in [0, 0.05) is 6.54 Å². The molecule has 1 N–H and O–H groups in total. The lowest BCUT2D eigenvalue weighted by Crippen LogP contribution is -2.44. The molecular formula is C14H13Cl2NO3. The number of hydrogen-bond donors (Lipinski definition) is 1. The van der Waals surface area contributed by atoms with Crippen LogP contribution in [0, 0.1) is 0 Å². The average molecular weight is 314 g/mol. The number of alkyl halides is 1. The van der Waals surface area contributed by atoms with E-state index in [1.54, 1.807) is 0 Å². The van der Waals surface area contributed by atoms with Crippen LogP contribution in [0.1, 0.15) is 5.56 Å². The van der Waals surface area contributed by atoms with Gasteiger partial charge in [-0.2, -0.15) is 0 Å². The number of ketones is 1. The molecule has 1 aromatic carbocycles. The average Bonchev–Trinajstić information content (AvgIpc) is 3.02. The maximum Gasteiger partial charge on any atom is 0.236 e. The summed E-state index contributed by atoms with van der Waals surface area (Å²) < 4.78 is 11.2. The summed E-state index contributed by atoms with van der Waals surface area (Å²) in [5, 5.41) is 2.24. The molecule has 106 valence electrons. The minimum Gasteiger partial charge on any atom is -0.379 e. The van der Waals surface area contributed by atoms with E-state index in [1.807, 2.05) is 30.3 Å². The molecule has 1 unspecified atom stereocenters. The second-order valence-corrected chi connectivity index (χ2v) is 5.43. The second-order valence-electron chi connectivity index (χ2n) is 4.62. The minimum atomic E-state index is -1.26. The molecule has 3 rings (SSSR count). The molecule has 2 aliphatic rings. The molecule has 0 radical (unpaired) electrons. The highest BCUT2D eigenvalue weighted by molar-refractivity contribution is 6.50. The van der Waals surface area contributed by atoms with Crippen LogP contribution >= 0.6 is 23.2 Å². The Balaban J connectivity index is 1.84. The molecule has 1 heterocycles. The highest BCUT2D eigenvalue weighted by Gasteiger charge is 2.57. The lowest BCUT2D eigenvalue weighted by molar-refractivity contribution is -0.139. The van der Waals surface area contributed by atoms with Gasteiger partial charge in [-0.1, -0.05) is 41.9 Å². The number of halogens is 2. The van der Waals surface area contributed by atoms with Crippen LogP contribution in [0.4, 0.5) is 0 Å². The van der Waals surface area contributed by atoms with Crippen molar-refractivity contribution in [1.29, 1.82) is 0 Å². The molecule has 1 atom stereocenters. The Labute approximate surface area is 126 Å². The molecule has 1 aliphatic heterocycles. The molecule has 0 aromatic heterocycles. The predicted octanol–water partition coefficient (Wildman–Crippen LogP) is 2.16. The van der Waals surface area contributed by atoms with E-state index in [4.69, 9.17) is 32.7 Å². The van der Waals surface area contributed by atoms with Crippen molar-refractivity contribution in [2.75, 3.05) is 13.2 Å². The quantitative estimate of drug-likeness (QED) is 0.869. The Morgan fingerprint density at radius 1 is 1.25 bits per heavy atom. The predicted molar refractivity (Wildman–Crippen MR) is 75.4 cm³/mol. The fourth-order valence-electron chi connectivity index (χ4n) is 2.39. The highest BCUT2D eigenvalue weighted by atomic mass is 35.5. The summed E-state index contributed by atoms with van der Waals surface area (Å²) in [7, 11) is 0. The summed E-state index contributed by atoms with van der Waals surface area (Å²) in [5.41, 5.74) is 1.48. The number of allylic oxidation sites excluding steroid dienone is 1. The smallest absolute Gasteiger partial charge is 0.236 e. The van der Waals surface area contributed by atoms with Crippen LogP contribution in [0.5, 0.6) is 0 Å². The molecule has 1 spiro atoms. The lowest BCUT2D eigenvalue weighted by atomic mass is 10.2. The largest absolute Gasteiger partial charge is 0.379 e. The number of rotatable bonds is 3. The van der Waals surface area contributed by atoms with Gasteiger partial charge >= 0.3 is 0 Å². The van der Waals surface area contributed by atoms with Gasteiger partial charge in [0.05, 0.1) is 18.9 Å². The first-order chi connectivity index (χ1) is 9.65. The van der Waals surface area contributed by atoms with E-state index in [0.717, 1.165) is 5.56 Å². The van der Waals surface area contributed by atoms with Crippen molar-refractivity contribution in [3.8, 4) is 0 Å². The van der Waals surface area contributed by atoms with E-state index in [-0.39, 0.29) is 10.8 Å². The molecule has 20 heavy (non-hydrogen) atoms. The minimum absolute atomic E-state index is 0.0582. The number of benzene rings is 1. The summed E-state index contributed by atoms with van der Waals surface area (Å²) in [6, 6.07) is 9.76. The monoisotopic (exact) mass is 313 g/mol. The van der Waals surface area contributed by atoms with E-state index in [9.17, 15) is 4.79 Å². The fourth-order valence-corrected chi connectivity index (χ4v) is 3.10. The van der Waals surface area contributed by atoms with Gasteiger partial charge in [0.2, 0.25) is 5.79 Å². The van der Waals surface area contributed by atoms with Crippen molar-refractivity contribution in [2.45, 2.75) is 17.7 Å². The molecule has 4 nitrogen and oxygen atoms in total. The van der Waals surface area contributed by atoms with Gasteiger partial charge in [-0.15, -0.1) is 11.6 Å². The summed E-state index contributed by atoms with van der Waals surface area (Å²) in [6.45, 7) is 1.28. The summed E-state index contributed by atoms with van der Waals surface area (Å²) in [6.07, 6.45) is 0. The standard InChI is InChI=1S/C14H13Cl2NO3/c15-10-11(18)12(16)14(19-6-7-20-14)13(10)17-8-9-4-2-1-3-5-9/h1-5,12,17H,6-8H2. The Morgan fingerprint density at radius 2 is 1.90 bits per heavy atom. The fraction of sp³-hybridized carbons (Fsp3) is 0.357. The summed E-state index contributed by atoms with van der Waals surface area (Å²) >= 11 is 12.2. The third-order valence-electron chi connectivity index (χ3n) is 3.38. The molecule has 1 fully saturated rings. The lowest BCUT2D eigenvalue weighted by Gasteiger charge is -2.28. The van der Waals surface area contributed by atoms with E-state index in [1.165, 1.54) is 0 Å². The van der Waals surface area contributed by atoms with Crippen LogP contribution in [-0.2, 0) is 20.8 Å². The molecule has 0 bridgehead atoms. The molecule has 1 aromatic rings. The van der Waals surface area contributed by atoms with E-state index >= 15 is 0 Å². The number of carbonyl (C=O) groups excluding carboxylic acids is 1. The van der Waals surface area contributed by atoms with Gasteiger partial charge in [-0.3, -0.25) is 4.79 Å². The zero-order chi connectivity index (χ0) is 14.2. The van der Waals surface area contributed by atoms with Gasteiger partial charge in [0.25, 0.3) is 0 Å². The van der Waals surface area contributed by atoms with Crippen molar-refractivity contribution in [3.05, 3.63) is 46.6 Å². The first-order valence-corrected chi connectivity index (χ1v) is 7.11. The first-order valence-electron chi connectivity index (χ1n) is 6.29. The third kappa shape index (κ3) is 2.13. The van der Waals surface area contributed by atoms with Crippen LogP contribution in [0.3, 0.4) is 0 Å². The van der Waals surface area contributed by atoms with Gasteiger partial charge < -0.3 is 14.8 Å². The van der Waals surface area contributed by atoms with E-state index in [0.29, 0.717) is 25.5 Å². The maximum atomic E-state index is 12.0. The number of nitrogens with one attached hydrogen (secondary N) is 1. The van der Waals surface area contributed by atoms with Crippen LogP contribution in [0.25, 0.3) is 0 Å². The van der Waals surface area contributed by atoms with Crippen molar-refractivity contribution in [1.82, 2.24) is 5.32 Å². The molecule has 6 heteroatoms. The molecule has 0 saturated carbocycles. The zero-order valence-electron chi connectivity index (χ0n) is 10.6. The van der Waals surface area contributed by atoms with Crippen LogP contribution in [-0.4, -0.2) is 30.2 Å². The first kappa shape index (κ1) is 13.9. The molecule has 1 saturated heterocycles. The van der Waals surface area contributed by atoms with E-state index < -0.39 is 11.2 Å². The van der Waals surface area contributed by atoms with E-state index in [2.05, 4.69) is 5.32 Å².